The summed E-state index contributed by atoms with van der Waals surface area (Å²) < 4.78 is 143. The maximum atomic E-state index is 11.9. The Hall–Kier alpha value is -9.50. The Morgan fingerprint density at radius 1 is 0.336 bits per heavy atom. The van der Waals surface area contributed by atoms with Crippen LogP contribution < -0.4 is 10.6 Å². The topological polar surface area (TPSA) is 462 Å². The molecule has 0 saturated carbocycles. The SMILES string of the molecule is CC(=O)CCOCCn1cc(COCC[18F])nn1.CC(=O)CCOCc1cn(CCOCC[18F])nn1.CC1CC(=O)N(CCOCCn2cc(COCC[18F])nn2)C1=O.CC1CC(=O)N(CCOCc2cn(CCOCC[18F])nn2)C1=O.CCC(=O)NCCOCCn1cc(COCC[18F])nn1.CCC(=O)NCCOCc1cn(CCOCC[18F])nn1.[HH]. The van der Waals surface area contributed by atoms with Crippen molar-refractivity contribution in [2.45, 2.75) is 159 Å². The Morgan fingerprint density at radius 2 is 0.549 bits per heavy atom. The second kappa shape index (κ2) is 69.0. The molecular weight excluding hydrogens is 1620 g/mol. The number of rotatable bonds is 62. The van der Waals surface area contributed by atoms with Gasteiger partial charge in [-0.25, -0.2) is 54.4 Å². The van der Waals surface area contributed by atoms with Crippen LogP contribution in [0.1, 0.15) is 116 Å². The quantitative estimate of drug-likeness (QED) is 0.0315. The molecule has 42 nitrogen and oxygen atoms in total. The van der Waals surface area contributed by atoms with E-state index < -0.39 is 40.0 Å². The fraction of sp³-hybridized carbons (Fsp3) is 0.730. The van der Waals surface area contributed by atoms with Gasteiger partial charge < -0.3 is 67.5 Å². The number of amides is 6. The summed E-state index contributed by atoms with van der Waals surface area (Å²) in [4.78, 5) is 92.3. The number of hydrogen-bond acceptors (Lipinski definition) is 32. The molecule has 2 atom stereocenters. The largest absolute Gasteiger partial charge is 0.379 e. The number of Topliss-reactive ketones (excluding diaryl/α,β-unsaturated/α-hetero) is 2. The van der Waals surface area contributed by atoms with Gasteiger partial charge in [-0.05, 0) is 13.8 Å². The van der Waals surface area contributed by atoms with Gasteiger partial charge >= 0.3 is 0 Å². The van der Waals surface area contributed by atoms with Crippen LogP contribution in [-0.2, 0) is 174 Å². The summed E-state index contributed by atoms with van der Waals surface area (Å²) in [7, 11) is 0. The second-order valence-corrected chi connectivity index (χ2v) is 26.2. The van der Waals surface area contributed by atoms with E-state index in [1.165, 1.54) is 23.6 Å². The molecule has 0 aromatic carbocycles. The molecule has 2 aliphatic heterocycles. The van der Waals surface area contributed by atoms with Gasteiger partial charge in [0.05, 0.1) is 248 Å². The van der Waals surface area contributed by atoms with Crippen LogP contribution in [0.25, 0.3) is 0 Å². The van der Waals surface area contributed by atoms with Crippen molar-refractivity contribution in [1.82, 2.24) is 110 Å². The van der Waals surface area contributed by atoms with Crippen LogP contribution in [0.4, 0.5) is 26.3 Å². The van der Waals surface area contributed by atoms with E-state index in [1.54, 1.807) is 93.0 Å². The highest BCUT2D eigenvalue weighted by atomic mass is 18.2. The lowest BCUT2D eigenvalue weighted by molar-refractivity contribution is -0.141. The van der Waals surface area contributed by atoms with Gasteiger partial charge in [-0.1, -0.05) is 59.0 Å². The van der Waals surface area contributed by atoms with E-state index in [0.717, 1.165) is 0 Å². The average molecular weight is 1750 g/mol. The fourth-order valence-electron chi connectivity index (χ4n) is 9.72. The fourth-order valence-corrected chi connectivity index (χ4v) is 9.72. The summed E-state index contributed by atoms with van der Waals surface area (Å²) in [6.07, 6.45) is 12.7. The zero-order valence-electron chi connectivity index (χ0n) is 70.5. The van der Waals surface area contributed by atoms with E-state index in [2.05, 4.69) is 72.5 Å². The average Bonchev–Trinajstić information content (AvgIpc) is 1.71. The van der Waals surface area contributed by atoms with Crippen molar-refractivity contribution < 1.29 is 123 Å². The Morgan fingerprint density at radius 3 is 0.811 bits per heavy atom. The number of carbonyl (C=O) groups is 8. The van der Waals surface area contributed by atoms with Gasteiger partial charge in [-0.2, -0.15) is 0 Å². The van der Waals surface area contributed by atoms with Crippen LogP contribution in [0.2, 0.25) is 0 Å². The molecule has 0 spiro atoms. The molecule has 6 aromatic heterocycles. The molecule has 8 rings (SSSR count). The smallest absolute Gasteiger partial charge is 0.232 e. The molecule has 2 N–H and O–H groups in total. The second-order valence-electron chi connectivity index (χ2n) is 26.2. The first-order valence-electron chi connectivity index (χ1n) is 40.0. The highest BCUT2D eigenvalue weighted by Gasteiger charge is 2.36. The van der Waals surface area contributed by atoms with E-state index in [0.29, 0.717) is 198 Å². The van der Waals surface area contributed by atoms with Crippen LogP contribution in [-0.4, -0.2) is 332 Å². The minimum Gasteiger partial charge on any atom is -0.379 e. The number of ketones is 2. The number of hydrogen-bond donors (Lipinski definition) is 2. The van der Waals surface area contributed by atoms with Crippen molar-refractivity contribution in [3.8, 4) is 0 Å². The number of aromatic nitrogens is 18. The first-order valence-corrected chi connectivity index (χ1v) is 40.0. The maximum absolute atomic E-state index is 11.9. The molecule has 2 unspecified atom stereocenters. The zero-order chi connectivity index (χ0) is 89.0. The number of ether oxygens (including phenoxy) is 12. The highest BCUT2D eigenvalue weighted by Crippen LogP contribution is 2.19. The monoisotopic (exact) mass is 1750 g/mol. The maximum Gasteiger partial charge on any atom is 0.232 e. The summed E-state index contributed by atoms with van der Waals surface area (Å²) >= 11 is 0. The van der Waals surface area contributed by atoms with E-state index in [1.807, 2.05) is 0 Å². The third kappa shape index (κ3) is 51.4. The number of carbonyl (C=O) groups excluding carboxylic acids is 8. The molecule has 0 radical (unpaired) electrons. The molecule has 0 aliphatic carbocycles. The minimum absolute atomic E-state index is 0. The zero-order valence-corrected chi connectivity index (χ0v) is 70.5. The van der Waals surface area contributed by atoms with Gasteiger partial charge in [0.2, 0.25) is 35.4 Å². The van der Waals surface area contributed by atoms with Crippen LogP contribution >= 0.6 is 0 Å². The molecule has 6 amide bonds. The molecule has 2 fully saturated rings. The van der Waals surface area contributed by atoms with E-state index in [9.17, 15) is 64.7 Å². The first kappa shape index (κ1) is 107. The summed E-state index contributed by atoms with van der Waals surface area (Å²) in [5.74, 6) is -0.781. The van der Waals surface area contributed by atoms with Gasteiger partial charge in [-0.15, -0.1) is 30.6 Å². The lowest BCUT2D eigenvalue weighted by atomic mass is 10.1. The Balaban J connectivity index is 0.000000501. The van der Waals surface area contributed by atoms with E-state index in [4.69, 9.17) is 56.8 Å². The normalized spacial score (nSPS) is 13.5. The molecule has 8 heterocycles. The van der Waals surface area contributed by atoms with E-state index >= 15 is 0 Å². The molecule has 0 bridgehead atoms. The number of likely N-dealkylation sites (tertiary alicyclic amines) is 2. The predicted octanol–water partition coefficient (Wildman–Crippen LogP) is 2.73. The Kier molecular flexibility index (Phi) is 60.3. The Bertz CT molecular complexity index is 3780. The number of halogens is 6. The van der Waals surface area contributed by atoms with Crippen LogP contribution in [0.15, 0.2) is 37.2 Å². The third-order valence-corrected chi connectivity index (χ3v) is 16.0. The van der Waals surface area contributed by atoms with Crippen LogP contribution in [0, 0.1) is 11.8 Å². The van der Waals surface area contributed by atoms with E-state index in [-0.39, 0.29) is 159 Å². The first-order chi connectivity index (χ1) is 59.2. The van der Waals surface area contributed by atoms with Crippen molar-refractivity contribution >= 4 is 47.0 Å². The van der Waals surface area contributed by atoms with Crippen molar-refractivity contribution in [3.63, 3.8) is 0 Å². The summed E-state index contributed by atoms with van der Waals surface area (Å²) in [6.45, 7) is 18.8. The van der Waals surface area contributed by atoms with Gasteiger partial charge in [0, 0.05) is 64.9 Å². The van der Waals surface area contributed by atoms with Crippen molar-refractivity contribution in [3.05, 3.63) is 71.3 Å². The minimum atomic E-state index is -0.525. The molecule has 48 heteroatoms. The standard InChI is InChI=1S/2C14H21FN4O4.2C12H21FN4O3.2C11H18FN3O3.H2/c1-11-8-13(20)19(14(11)21)4-7-22-6-3-18-9-12(16-17-18)10-23-5-2-15;1-11-8-13(20)19(14(11)21)4-7-23-10-12-9-18(17-16-12)3-6-22-5-2-15;1-2-12(18)14-4-7-19-8-5-17-9-11(15-16-17)10-20-6-3-13;1-2-12(18)14-4-7-20-10-11-9-17(16-15-11)5-8-19-6-3-13;1-10(16)2-5-18-9-11-8-15(14-13-11)4-7-17-6-3-12;1-10(16)2-5-17-7-4-15-8-11(13-14-15)9-18-6-3-12;/h2*9,11H,2-8,10H2,1H3;2*9H,2-8,10H2,1H3,(H,14,18);2*8H,2-7,9H2,1H3;1H/i2*15-1;2*13-1;2*12-1;. The van der Waals surface area contributed by atoms with Gasteiger partial charge in [-0.3, -0.25) is 48.2 Å². The summed E-state index contributed by atoms with van der Waals surface area (Å²) in [5, 5.41) is 52.2. The van der Waals surface area contributed by atoms with Gasteiger partial charge in [0.1, 0.15) is 85.8 Å². The van der Waals surface area contributed by atoms with Crippen LogP contribution in [0.5, 0.6) is 0 Å². The highest BCUT2D eigenvalue weighted by molar-refractivity contribution is 6.03. The van der Waals surface area contributed by atoms with Crippen molar-refractivity contribution in [1.29, 1.82) is 0 Å². The number of imide groups is 2. The van der Waals surface area contributed by atoms with Crippen molar-refractivity contribution in [2.75, 3.05) is 185 Å². The van der Waals surface area contributed by atoms with Gasteiger partial charge in [0.25, 0.3) is 0 Å². The lowest BCUT2D eigenvalue weighted by Crippen LogP contribution is -2.33. The van der Waals surface area contributed by atoms with Crippen LogP contribution in [0.3, 0.4) is 0 Å². The summed E-state index contributed by atoms with van der Waals surface area (Å²) in [6, 6.07) is 0. The number of alkyl halides is 6. The molecule has 2 saturated heterocycles. The predicted molar refractivity (Wildman–Crippen MR) is 419 cm³/mol. The molecule has 2 aliphatic rings. The third-order valence-electron chi connectivity index (χ3n) is 16.0. The lowest BCUT2D eigenvalue weighted by Gasteiger charge is -2.14. The molecular formula is C74H122F6N22O20. The number of nitrogens with zero attached hydrogens (tertiary/aromatic N) is 20. The van der Waals surface area contributed by atoms with Crippen molar-refractivity contribution in [2.24, 2.45) is 11.8 Å². The Labute approximate surface area is 705 Å². The molecule has 122 heavy (non-hydrogen) atoms. The van der Waals surface area contributed by atoms with Gasteiger partial charge in [0.15, 0.2) is 0 Å². The molecule has 690 valence electrons. The summed E-state index contributed by atoms with van der Waals surface area (Å²) in [5.41, 5.74) is 3.99. The molecule has 6 aromatic rings. The number of nitrogens with one attached hydrogen (secondary N) is 2.